The highest BCUT2D eigenvalue weighted by Gasteiger charge is 2.54. The third kappa shape index (κ3) is 3.27. The fraction of sp³-hybridized carbons (Fsp3) is 0.938. The number of amides is 1. The van der Waals surface area contributed by atoms with Gasteiger partial charge in [0.25, 0.3) is 0 Å². The van der Waals surface area contributed by atoms with Gasteiger partial charge in [0, 0.05) is 12.1 Å². The van der Waals surface area contributed by atoms with Crippen molar-refractivity contribution in [2.24, 2.45) is 5.41 Å². The lowest BCUT2D eigenvalue weighted by atomic mass is 9.79. The van der Waals surface area contributed by atoms with Crippen LogP contribution in [0.3, 0.4) is 0 Å². The quantitative estimate of drug-likeness (QED) is 0.846. The summed E-state index contributed by atoms with van der Waals surface area (Å²) in [6.07, 6.45) is 4.40. The first-order valence-corrected chi connectivity index (χ1v) is 7.77. The van der Waals surface area contributed by atoms with E-state index in [0.29, 0.717) is 0 Å². The fourth-order valence-electron chi connectivity index (χ4n) is 3.31. The SMILES string of the molecule is CNC1(C2CCC(C)(C)CN2C(=O)OC(C)(C)C)CC1. The van der Waals surface area contributed by atoms with Gasteiger partial charge in [-0.2, -0.15) is 0 Å². The summed E-state index contributed by atoms with van der Waals surface area (Å²) in [7, 11) is 2.01. The van der Waals surface area contributed by atoms with E-state index in [2.05, 4.69) is 19.2 Å². The third-order valence-corrected chi connectivity index (χ3v) is 4.62. The van der Waals surface area contributed by atoms with Crippen molar-refractivity contribution in [1.29, 1.82) is 0 Å². The largest absolute Gasteiger partial charge is 0.444 e. The highest BCUT2D eigenvalue weighted by molar-refractivity contribution is 5.69. The summed E-state index contributed by atoms with van der Waals surface area (Å²) in [6.45, 7) is 11.1. The lowest BCUT2D eigenvalue weighted by molar-refractivity contribution is -0.0159. The molecule has 0 aromatic rings. The minimum atomic E-state index is -0.431. The van der Waals surface area contributed by atoms with Gasteiger partial charge in [-0.05, 0) is 58.9 Å². The predicted molar refractivity (Wildman–Crippen MR) is 80.8 cm³/mol. The number of rotatable bonds is 2. The Balaban J connectivity index is 2.16. The molecule has 1 heterocycles. The van der Waals surface area contributed by atoms with Crippen molar-refractivity contribution < 1.29 is 9.53 Å². The van der Waals surface area contributed by atoms with Crippen molar-refractivity contribution in [3.63, 3.8) is 0 Å². The molecule has 0 aromatic carbocycles. The van der Waals surface area contributed by atoms with Crippen molar-refractivity contribution >= 4 is 6.09 Å². The summed E-state index contributed by atoms with van der Waals surface area (Å²) < 4.78 is 5.63. The summed E-state index contributed by atoms with van der Waals surface area (Å²) in [5, 5.41) is 3.45. The number of likely N-dealkylation sites (N-methyl/N-ethyl adjacent to an activating group) is 1. The third-order valence-electron chi connectivity index (χ3n) is 4.62. The van der Waals surface area contributed by atoms with Crippen LogP contribution in [0, 0.1) is 5.41 Å². The van der Waals surface area contributed by atoms with Gasteiger partial charge in [0.15, 0.2) is 0 Å². The molecule has 1 aliphatic carbocycles. The number of piperidine rings is 1. The summed E-state index contributed by atoms with van der Waals surface area (Å²) in [6, 6.07) is 0.273. The Bertz CT molecular complexity index is 380. The summed E-state index contributed by atoms with van der Waals surface area (Å²) in [4.78, 5) is 14.6. The number of hydrogen-bond donors (Lipinski definition) is 1. The molecule has 1 saturated carbocycles. The first-order valence-electron chi connectivity index (χ1n) is 7.77. The molecule has 116 valence electrons. The van der Waals surface area contributed by atoms with Crippen molar-refractivity contribution in [3.8, 4) is 0 Å². The molecule has 1 unspecified atom stereocenters. The van der Waals surface area contributed by atoms with Crippen LogP contribution in [0.1, 0.15) is 60.3 Å². The molecule has 4 nitrogen and oxygen atoms in total. The zero-order valence-electron chi connectivity index (χ0n) is 13.9. The normalized spacial score (nSPS) is 28.1. The molecule has 0 aromatic heterocycles. The molecule has 1 atom stereocenters. The maximum absolute atomic E-state index is 12.6. The summed E-state index contributed by atoms with van der Waals surface area (Å²) >= 11 is 0. The summed E-state index contributed by atoms with van der Waals surface area (Å²) in [5.41, 5.74) is -0.121. The van der Waals surface area contributed by atoms with Gasteiger partial charge in [-0.3, -0.25) is 0 Å². The second-order valence-corrected chi connectivity index (χ2v) is 8.23. The minimum Gasteiger partial charge on any atom is -0.444 e. The van der Waals surface area contributed by atoms with Crippen LogP contribution in [-0.2, 0) is 4.74 Å². The van der Waals surface area contributed by atoms with Crippen molar-refractivity contribution in [2.45, 2.75) is 77.5 Å². The molecule has 0 radical (unpaired) electrons. The van der Waals surface area contributed by atoms with Gasteiger partial charge < -0.3 is 15.0 Å². The fourth-order valence-corrected chi connectivity index (χ4v) is 3.31. The molecule has 1 amide bonds. The highest BCUT2D eigenvalue weighted by Crippen LogP contribution is 2.46. The van der Waals surface area contributed by atoms with Gasteiger partial charge in [-0.15, -0.1) is 0 Å². The van der Waals surface area contributed by atoms with E-state index in [1.165, 1.54) is 6.42 Å². The number of carbonyl (C=O) groups is 1. The van der Waals surface area contributed by atoms with Crippen molar-refractivity contribution in [2.75, 3.05) is 13.6 Å². The standard InChI is InChI=1S/C16H30N2O2/c1-14(2,3)20-13(19)18-11-15(4,5)8-7-12(18)16(17-6)9-10-16/h12,17H,7-11H2,1-6H3. The Morgan fingerprint density at radius 3 is 2.30 bits per heavy atom. The molecule has 1 saturated heterocycles. The van der Waals surface area contributed by atoms with Crippen LogP contribution in [0.15, 0.2) is 0 Å². The molecule has 0 bridgehead atoms. The van der Waals surface area contributed by atoms with Gasteiger partial charge >= 0.3 is 6.09 Å². The zero-order chi connectivity index (χ0) is 15.2. The zero-order valence-corrected chi connectivity index (χ0v) is 13.9. The lowest BCUT2D eigenvalue weighted by Crippen LogP contribution is -2.59. The average Bonchev–Trinajstić information content (AvgIpc) is 3.06. The number of hydrogen-bond acceptors (Lipinski definition) is 3. The Labute approximate surface area is 123 Å². The van der Waals surface area contributed by atoms with E-state index in [-0.39, 0.29) is 23.1 Å². The molecular formula is C16H30N2O2. The van der Waals surface area contributed by atoms with Crippen LogP contribution in [0.5, 0.6) is 0 Å². The second kappa shape index (κ2) is 4.90. The predicted octanol–water partition coefficient (Wildman–Crippen LogP) is 3.16. The van der Waals surface area contributed by atoms with E-state index in [4.69, 9.17) is 4.74 Å². The first kappa shape index (κ1) is 15.6. The van der Waals surface area contributed by atoms with Gasteiger partial charge in [-0.1, -0.05) is 13.8 Å². The molecule has 2 aliphatic rings. The van der Waals surface area contributed by atoms with E-state index in [1.807, 2.05) is 32.7 Å². The van der Waals surface area contributed by atoms with Gasteiger partial charge in [0.05, 0.1) is 6.04 Å². The molecule has 2 fully saturated rings. The molecule has 20 heavy (non-hydrogen) atoms. The maximum atomic E-state index is 12.6. The second-order valence-electron chi connectivity index (χ2n) is 8.23. The Kier molecular flexibility index (Phi) is 3.83. The van der Waals surface area contributed by atoms with E-state index in [9.17, 15) is 4.79 Å². The van der Waals surface area contributed by atoms with E-state index < -0.39 is 5.60 Å². The van der Waals surface area contributed by atoms with Crippen molar-refractivity contribution in [1.82, 2.24) is 10.2 Å². The van der Waals surface area contributed by atoms with E-state index in [1.54, 1.807) is 0 Å². The average molecular weight is 282 g/mol. The van der Waals surface area contributed by atoms with Crippen LogP contribution in [-0.4, -0.2) is 41.8 Å². The first-order chi connectivity index (χ1) is 9.09. The number of likely N-dealkylation sites (tertiary alicyclic amines) is 1. The highest BCUT2D eigenvalue weighted by atomic mass is 16.6. The summed E-state index contributed by atoms with van der Waals surface area (Å²) in [5.74, 6) is 0. The Morgan fingerprint density at radius 2 is 1.85 bits per heavy atom. The monoisotopic (exact) mass is 282 g/mol. The smallest absolute Gasteiger partial charge is 0.410 e. The molecule has 1 aliphatic heterocycles. The molecule has 0 spiro atoms. The number of carbonyl (C=O) groups excluding carboxylic acids is 1. The van der Waals surface area contributed by atoms with Crippen LogP contribution in [0.25, 0.3) is 0 Å². The number of nitrogens with one attached hydrogen (secondary N) is 1. The van der Waals surface area contributed by atoms with Crippen LogP contribution < -0.4 is 5.32 Å². The van der Waals surface area contributed by atoms with Crippen LogP contribution in [0.2, 0.25) is 0 Å². The van der Waals surface area contributed by atoms with E-state index >= 15 is 0 Å². The minimum absolute atomic E-state index is 0.132. The molecule has 4 heteroatoms. The number of ether oxygens (including phenoxy) is 1. The lowest BCUT2D eigenvalue weighted by Gasteiger charge is -2.47. The number of nitrogens with zero attached hydrogens (tertiary/aromatic N) is 1. The Hall–Kier alpha value is -0.770. The Morgan fingerprint density at radius 1 is 1.25 bits per heavy atom. The van der Waals surface area contributed by atoms with Crippen LogP contribution in [0.4, 0.5) is 4.79 Å². The maximum Gasteiger partial charge on any atom is 0.410 e. The molecule has 1 N–H and O–H groups in total. The van der Waals surface area contributed by atoms with Crippen molar-refractivity contribution in [3.05, 3.63) is 0 Å². The van der Waals surface area contributed by atoms with Gasteiger partial charge in [0.2, 0.25) is 0 Å². The molecule has 2 rings (SSSR count). The van der Waals surface area contributed by atoms with Gasteiger partial charge in [0.1, 0.15) is 5.60 Å². The topological polar surface area (TPSA) is 41.6 Å². The van der Waals surface area contributed by atoms with Crippen LogP contribution >= 0.6 is 0 Å². The van der Waals surface area contributed by atoms with E-state index in [0.717, 1.165) is 25.8 Å². The molecular weight excluding hydrogens is 252 g/mol. The van der Waals surface area contributed by atoms with Gasteiger partial charge in [-0.25, -0.2) is 4.79 Å².